The van der Waals surface area contributed by atoms with Crippen LogP contribution < -0.4 is 5.32 Å². The standard InChI is InChI=1S/C15H18N2O4/c1-3-20-15(19)17-14(10-21-11(2)18)13(9-16)12-7-5-4-6-8-12/h4-8,13-14H,3,10H2,1-2H3,(H,17,19)/t13?,14-/m0/s1. The van der Waals surface area contributed by atoms with Gasteiger partial charge in [-0.25, -0.2) is 4.79 Å². The van der Waals surface area contributed by atoms with E-state index in [1.807, 2.05) is 6.07 Å². The summed E-state index contributed by atoms with van der Waals surface area (Å²) in [7, 11) is 0. The molecule has 6 nitrogen and oxygen atoms in total. The van der Waals surface area contributed by atoms with E-state index in [-0.39, 0.29) is 13.2 Å². The van der Waals surface area contributed by atoms with E-state index in [1.54, 1.807) is 31.2 Å². The molecule has 0 aromatic heterocycles. The number of nitrogens with zero attached hydrogens (tertiary/aromatic N) is 1. The molecular formula is C15H18N2O4. The average molecular weight is 290 g/mol. The summed E-state index contributed by atoms with van der Waals surface area (Å²) in [5.74, 6) is -1.12. The second kappa shape index (κ2) is 8.59. The normalized spacial score (nSPS) is 12.6. The number of rotatable bonds is 6. The number of carbonyl (C=O) groups excluding carboxylic acids is 2. The van der Waals surface area contributed by atoms with Gasteiger partial charge in [-0.15, -0.1) is 0 Å². The Morgan fingerprint density at radius 2 is 1.95 bits per heavy atom. The van der Waals surface area contributed by atoms with Gasteiger partial charge in [0.05, 0.1) is 24.6 Å². The molecule has 1 aromatic carbocycles. The number of carbonyl (C=O) groups is 2. The fraction of sp³-hybridized carbons (Fsp3) is 0.400. The van der Waals surface area contributed by atoms with Gasteiger partial charge in [0.1, 0.15) is 6.61 Å². The van der Waals surface area contributed by atoms with Gasteiger partial charge in [-0.1, -0.05) is 30.3 Å². The minimum absolute atomic E-state index is 0.0960. The monoisotopic (exact) mass is 290 g/mol. The lowest BCUT2D eigenvalue weighted by Gasteiger charge is -2.22. The molecule has 21 heavy (non-hydrogen) atoms. The smallest absolute Gasteiger partial charge is 0.407 e. The van der Waals surface area contributed by atoms with Gasteiger partial charge in [-0.2, -0.15) is 5.26 Å². The topological polar surface area (TPSA) is 88.4 Å². The van der Waals surface area contributed by atoms with Crippen molar-refractivity contribution in [2.75, 3.05) is 13.2 Å². The number of nitrogens with one attached hydrogen (secondary N) is 1. The van der Waals surface area contributed by atoms with Crippen LogP contribution in [-0.2, 0) is 14.3 Å². The fourth-order valence-corrected chi connectivity index (χ4v) is 1.81. The molecule has 0 saturated heterocycles. The Morgan fingerprint density at radius 1 is 1.29 bits per heavy atom. The Kier molecular flexibility index (Phi) is 6.75. The summed E-state index contributed by atoms with van der Waals surface area (Å²) >= 11 is 0. The summed E-state index contributed by atoms with van der Waals surface area (Å²) in [6.07, 6.45) is -0.647. The minimum atomic E-state index is -0.680. The Bertz CT molecular complexity index is 510. The van der Waals surface area contributed by atoms with Crippen molar-refractivity contribution >= 4 is 12.1 Å². The molecule has 1 aromatic rings. The average Bonchev–Trinajstić information content (AvgIpc) is 2.46. The molecule has 1 N–H and O–H groups in total. The van der Waals surface area contributed by atoms with E-state index in [2.05, 4.69) is 11.4 Å². The first-order chi connectivity index (χ1) is 10.1. The Labute approximate surface area is 123 Å². The van der Waals surface area contributed by atoms with Gasteiger partial charge in [0.15, 0.2) is 0 Å². The molecule has 0 aliphatic rings. The molecule has 0 saturated carbocycles. The van der Waals surface area contributed by atoms with Crippen molar-refractivity contribution in [3.8, 4) is 6.07 Å². The van der Waals surface area contributed by atoms with Crippen molar-refractivity contribution in [3.05, 3.63) is 35.9 Å². The summed E-state index contributed by atoms with van der Waals surface area (Å²) < 4.78 is 9.74. The highest BCUT2D eigenvalue weighted by molar-refractivity contribution is 5.68. The Morgan fingerprint density at radius 3 is 2.48 bits per heavy atom. The van der Waals surface area contributed by atoms with Crippen LogP contribution in [0.3, 0.4) is 0 Å². The third kappa shape index (κ3) is 5.53. The van der Waals surface area contributed by atoms with Gasteiger partial charge >= 0.3 is 12.1 Å². The predicted molar refractivity (Wildman–Crippen MR) is 75.4 cm³/mol. The van der Waals surface area contributed by atoms with Crippen molar-refractivity contribution in [1.82, 2.24) is 5.32 Å². The van der Waals surface area contributed by atoms with E-state index in [0.29, 0.717) is 0 Å². The van der Waals surface area contributed by atoms with Crippen molar-refractivity contribution in [1.29, 1.82) is 5.26 Å². The zero-order valence-electron chi connectivity index (χ0n) is 12.0. The second-order valence-electron chi connectivity index (χ2n) is 4.29. The highest BCUT2D eigenvalue weighted by atomic mass is 16.6. The van der Waals surface area contributed by atoms with Crippen molar-refractivity contribution in [2.45, 2.75) is 25.8 Å². The first kappa shape index (κ1) is 16.5. The molecule has 2 atom stereocenters. The second-order valence-corrected chi connectivity index (χ2v) is 4.29. The van der Waals surface area contributed by atoms with Gasteiger partial charge in [-0.3, -0.25) is 4.79 Å². The molecule has 0 radical (unpaired) electrons. The summed E-state index contributed by atoms with van der Waals surface area (Å²) in [5.41, 5.74) is 0.731. The first-order valence-corrected chi connectivity index (χ1v) is 6.59. The maximum Gasteiger partial charge on any atom is 0.407 e. The molecular weight excluding hydrogens is 272 g/mol. The van der Waals surface area contributed by atoms with Crippen LogP contribution in [0.25, 0.3) is 0 Å². The molecule has 1 amide bonds. The molecule has 0 aliphatic heterocycles. The minimum Gasteiger partial charge on any atom is -0.464 e. The number of benzene rings is 1. The lowest BCUT2D eigenvalue weighted by Crippen LogP contribution is -2.42. The third-order valence-electron chi connectivity index (χ3n) is 2.74. The number of amides is 1. The number of nitriles is 1. The van der Waals surface area contributed by atoms with Gasteiger partial charge in [-0.05, 0) is 12.5 Å². The SMILES string of the molecule is CCOC(=O)N[C@@H](COC(C)=O)C(C#N)c1ccccc1. The third-order valence-corrected chi connectivity index (χ3v) is 2.74. The lowest BCUT2D eigenvalue weighted by atomic mass is 9.93. The van der Waals surface area contributed by atoms with E-state index in [4.69, 9.17) is 9.47 Å². The van der Waals surface area contributed by atoms with E-state index in [1.165, 1.54) is 6.92 Å². The molecule has 1 rings (SSSR count). The van der Waals surface area contributed by atoms with Crippen LogP contribution in [0.15, 0.2) is 30.3 Å². The van der Waals surface area contributed by atoms with E-state index in [0.717, 1.165) is 5.56 Å². The molecule has 0 aliphatic carbocycles. The molecule has 0 fully saturated rings. The van der Waals surface area contributed by atoms with Crippen LogP contribution in [0.4, 0.5) is 4.79 Å². The first-order valence-electron chi connectivity index (χ1n) is 6.59. The largest absolute Gasteiger partial charge is 0.464 e. The molecule has 0 spiro atoms. The quantitative estimate of drug-likeness (QED) is 0.809. The summed E-state index contributed by atoms with van der Waals surface area (Å²) in [5, 5.41) is 11.9. The Balaban J connectivity index is 2.89. The van der Waals surface area contributed by atoms with Crippen LogP contribution in [0.1, 0.15) is 25.3 Å². The van der Waals surface area contributed by atoms with Gasteiger partial charge < -0.3 is 14.8 Å². The molecule has 6 heteroatoms. The van der Waals surface area contributed by atoms with Gasteiger partial charge in [0, 0.05) is 6.92 Å². The van der Waals surface area contributed by atoms with Crippen molar-refractivity contribution in [2.24, 2.45) is 0 Å². The van der Waals surface area contributed by atoms with Crippen LogP contribution in [-0.4, -0.2) is 31.3 Å². The van der Waals surface area contributed by atoms with Crippen molar-refractivity contribution in [3.63, 3.8) is 0 Å². The summed E-state index contributed by atoms with van der Waals surface area (Å²) in [6.45, 7) is 3.07. The molecule has 0 heterocycles. The van der Waals surface area contributed by atoms with Crippen LogP contribution in [0.5, 0.6) is 0 Å². The molecule has 112 valence electrons. The molecule has 0 bridgehead atoms. The van der Waals surface area contributed by atoms with Crippen LogP contribution >= 0.6 is 0 Å². The number of hydrogen-bond acceptors (Lipinski definition) is 5. The number of hydrogen-bond donors (Lipinski definition) is 1. The van der Waals surface area contributed by atoms with Gasteiger partial charge in [0.2, 0.25) is 0 Å². The molecule has 1 unspecified atom stereocenters. The van der Waals surface area contributed by atoms with Crippen LogP contribution in [0.2, 0.25) is 0 Å². The van der Waals surface area contributed by atoms with E-state index in [9.17, 15) is 14.9 Å². The fourth-order valence-electron chi connectivity index (χ4n) is 1.81. The maximum atomic E-state index is 11.6. The van der Waals surface area contributed by atoms with Gasteiger partial charge in [0.25, 0.3) is 0 Å². The van der Waals surface area contributed by atoms with Crippen LogP contribution in [0, 0.1) is 11.3 Å². The van der Waals surface area contributed by atoms with E-state index < -0.39 is 24.0 Å². The summed E-state index contributed by atoms with van der Waals surface area (Å²) in [4.78, 5) is 22.5. The predicted octanol–water partition coefficient (Wildman–Crippen LogP) is 1.97. The highest BCUT2D eigenvalue weighted by Gasteiger charge is 2.26. The number of ether oxygens (including phenoxy) is 2. The van der Waals surface area contributed by atoms with Crippen molar-refractivity contribution < 1.29 is 19.1 Å². The highest BCUT2D eigenvalue weighted by Crippen LogP contribution is 2.19. The maximum absolute atomic E-state index is 11.6. The van der Waals surface area contributed by atoms with E-state index >= 15 is 0 Å². The zero-order chi connectivity index (χ0) is 15.7. The number of esters is 1. The lowest BCUT2D eigenvalue weighted by molar-refractivity contribution is -0.141. The zero-order valence-corrected chi connectivity index (χ0v) is 12.0. The number of alkyl carbamates (subject to hydrolysis) is 1. The summed E-state index contributed by atoms with van der Waals surface area (Å²) in [6, 6.07) is 10.4. The Hall–Kier alpha value is -2.55.